The van der Waals surface area contributed by atoms with Crippen LogP contribution in [0, 0.1) is 11.6 Å². The maximum Gasteiger partial charge on any atom is 0.335 e. The van der Waals surface area contributed by atoms with Crippen LogP contribution in [0.4, 0.5) is 14.5 Å². The van der Waals surface area contributed by atoms with Crippen LogP contribution >= 0.6 is 0 Å². The SMILES string of the molecule is CC(C)n1cc(C(=O)Nc2ccc(Oc3ccnc4cc(OCCCN5CCS(=O)(=O)CC5)c5c(c34)OCCO5)c(F)c2)c(=O)n(-c2ccc(F)cc2)c1=O. The van der Waals surface area contributed by atoms with Gasteiger partial charge < -0.3 is 29.2 Å². The number of fused-ring (bicyclic) bond motifs is 3. The molecule has 2 aliphatic heterocycles. The Bertz CT molecular complexity index is 2490. The van der Waals surface area contributed by atoms with Crippen LogP contribution < -0.4 is 35.5 Å². The largest absolute Gasteiger partial charge is 0.489 e. The minimum atomic E-state index is -2.96. The van der Waals surface area contributed by atoms with Crippen LogP contribution in [-0.4, -0.2) is 84.3 Å². The maximum atomic E-state index is 15.6. The molecule has 1 saturated heterocycles. The van der Waals surface area contributed by atoms with Gasteiger partial charge in [-0.15, -0.1) is 0 Å². The van der Waals surface area contributed by atoms with Crippen molar-refractivity contribution in [2.24, 2.45) is 0 Å². The number of benzene rings is 3. The molecule has 4 heterocycles. The van der Waals surface area contributed by atoms with E-state index < -0.39 is 50.2 Å². The molecule has 0 spiro atoms. The Kier molecular flexibility index (Phi) is 10.6. The number of halogens is 2. The van der Waals surface area contributed by atoms with Crippen molar-refractivity contribution in [1.29, 1.82) is 0 Å². The normalized spacial score (nSPS) is 15.2. The van der Waals surface area contributed by atoms with Crippen molar-refractivity contribution >= 4 is 32.3 Å². The fraction of sp³-hybridized carbons (Fsp3) is 0.316. The zero-order chi connectivity index (χ0) is 38.9. The maximum absolute atomic E-state index is 15.6. The van der Waals surface area contributed by atoms with Gasteiger partial charge in [0.1, 0.15) is 30.3 Å². The van der Waals surface area contributed by atoms with Crippen LogP contribution in [0.15, 0.2) is 76.6 Å². The van der Waals surface area contributed by atoms with Gasteiger partial charge in [-0.1, -0.05) is 0 Å². The fourth-order valence-corrected chi connectivity index (χ4v) is 7.58. The molecule has 1 N–H and O–H groups in total. The van der Waals surface area contributed by atoms with E-state index in [1.807, 2.05) is 0 Å². The van der Waals surface area contributed by atoms with Gasteiger partial charge in [-0.2, -0.15) is 0 Å². The molecule has 1 amide bonds. The molecule has 288 valence electrons. The lowest BCUT2D eigenvalue weighted by molar-refractivity contribution is 0.102. The number of carbonyl (C=O) groups excluding carboxylic acids is 1. The number of anilines is 1. The second kappa shape index (κ2) is 15.5. The number of nitrogens with zero attached hydrogens (tertiary/aromatic N) is 4. The van der Waals surface area contributed by atoms with E-state index in [0.717, 1.165) is 29.0 Å². The minimum absolute atomic E-state index is 0.00527. The Balaban J connectivity index is 1.10. The summed E-state index contributed by atoms with van der Waals surface area (Å²) < 4.78 is 78.7. The molecule has 0 atom stereocenters. The average molecular weight is 778 g/mol. The molecule has 5 aromatic rings. The lowest BCUT2D eigenvalue weighted by atomic mass is 10.1. The van der Waals surface area contributed by atoms with Crippen LogP contribution in [0.1, 0.15) is 36.7 Å². The summed E-state index contributed by atoms with van der Waals surface area (Å²) in [5.74, 6) is -0.888. The topological polar surface area (TPSA) is 160 Å². The Morgan fingerprint density at radius 3 is 2.38 bits per heavy atom. The van der Waals surface area contributed by atoms with E-state index in [2.05, 4.69) is 15.2 Å². The number of hydrogen-bond donors (Lipinski definition) is 1. The summed E-state index contributed by atoms with van der Waals surface area (Å²) in [6, 6.07) is 11.2. The van der Waals surface area contributed by atoms with E-state index in [-0.39, 0.29) is 47.6 Å². The van der Waals surface area contributed by atoms with E-state index in [1.54, 1.807) is 26.0 Å². The Hall–Kier alpha value is -5.81. The van der Waals surface area contributed by atoms with Crippen molar-refractivity contribution in [3.63, 3.8) is 0 Å². The number of rotatable bonds is 11. The Morgan fingerprint density at radius 2 is 1.67 bits per heavy atom. The highest BCUT2D eigenvalue weighted by atomic mass is 32.2. The standard InChI is InChI=1S/C38H37F2N5O9S/c1-23(2)44-22-27(37(47)45(38(44)48)26-7-4-24(39)5-8-26)36(46)42-25-6-9-30(28(40)20-25)54-31-10-11-41-29-21-32(34-35(33(29)31)53-17-16-52-34)51-15-3-12-43-13-18-55(49,50)19-14-43/h4-11,20-23H,3,12-19H2,1-2H3,(H,42,46). The van der Waals surface area contributed by atoms with Crippen LogP contribution in [0.5, 0.6) is 28.7 Å². The Morgan fingerprint density at radius 1 is 0.945 bits per heavy atom. The number of carbonyl (C=O) groups is 1. The lowest BCUT2D eigenvalue weighted by Gasteiger charge is -2.26. The predicted molar refractivity (Wildman–Crippen MR) is 199 cm³/mol. The third-order valence-electron chi connectivity index (χ3n) is 9.17. The second-order valence-corrected chi connectivity index (χ2v) is 15.6. The van der Waals surface area contributed by atoms with Crippen molar-refractivity contribution in [2.45, 2.75) is 26.3 Å². The highest BCUT2D eigenvalue weighted by molar-refractivity contribution is 7.91. The summed E-state index contributed by atoms with van der Waals surface area (Å²) in [6.45, 7) is 5.91. The summed E-state index contributed by atoms with van der Waals surface area (Å²) in [7, 11) is -2.96. The monoisotopic (exact) mass is 777 g/mol. The van der Waals surface area contributed by atoms with Crippen molar-refractivity contribution in [3.8, 4) is 34.4 Å². The molecule has 14 nitrogen and oxygen atoms in total. The fourth-order valence-electron chi connectivity index (χ4n) is 6.30. The highest BCUT2D eigenvalue weighted by Gasteiger charge is 2.26. The number of sulfone groups is 1. The van der Waals surface area contributed by atoms with Crippen molar-refractivity contribution in [3.05, 3.63) is 105 Å². The number of pyridine rings is 1. The van der Waals surface area contributed by atoms with Gasteiger partial charge in [-0.25, -0.2) is 26.6 Å². The minimum Gasteiger partial charge on any atom is -0.489 e. The number of aromatic nitrogens is 3. The summed E-state index contributed by atoms with van der Waals surface area (Å²) in [5.41, 5.74) is -1.52. The number of hydrogen-bond acceptors (Lipinski definition) is 11. The van der Waals surface area contributed by atoms with Crippen molar-refractivity contribution < 1.29 is 40.9 Å². The molecule has 0 aliphatic carbocycles. The molecule has 17 heteroatoms. The van der Waals surface area contributed by atoms with Crippen molar-refractivity contribution in [2.75, 3.05) is 56.3 Å². The molecule has 0 unspecified atom stereocenters. The van der Waals surface area contributed by atoms with E-state index in [4.69, 9.17) is 18.9 Å². The first-order chi connectivity index (χ1) is 26.4. The Labute approximate surface area is 313 Å². The molecule has 0 radical (unpaired) electrons. The summed E-state index contributed by atoms with van der Waals surface area (Å²) >= 11 is 0. The van der Waals surface area contributed by atoms with Crippen molar-refractivity contribution in [1.82, 2.24) is 19.0 Å². The van der Waals surface area contributed by atoms with E-state index in [0.29, 0.717) is 60.8 Å². The number of amides is 1. The third-order valence-corrected chi connectivity index (χ3v) is 10.8. The van der Waals surface area contributed by atoms with E-state index in [9.17, 15) is 27.2 Å². The summed E-state index contributed by atoms with van der Waals surface area (Å²) in [6.07, 6.45) is 3.28. The summed E-state index contributed by atoms with van der Waals surface area (Å²) in [4.78, 5) is 46.6. The molecule has 1 fully saturated rings. The first-order valence-corrected chi connectivity index (χ1v) is 19.4. The van der Waals surface area contributed by atoms with Crippen LogP contribution in [0.25, 0.3) is 16.6 Å². The lowest BCUT2D eigenvalue weighted by Crippen LogP contribution is -2.42. The number of nitrogens with one attached hydrogen (secondary N) is 1. The smallest absolute Gasteiger partial charge is 0.335 e. The third kappa shape index (κ3) is 8.02. The molecule has 0 saturated carbocycles. The highest BCUT2D eigenvalue weighted by Crippen LogP contribution is 2.48. The van der Waals surface area contributed by atoms with Gasteiger partial charge in [0.15, 0.2) is 32.9 Å². The molecule has 55 heavy (non-hydrogen) atoms. The zero-order valence-electron chi connectivity index (χ0n) is 29.9. The average Bonchev–Trinajstić information content (AvgIpc) is 3.15. The van der Waals surface area contributed by atoms with Gasteiger partial charge in [0.2, 0.25) is 5.75 Å². The van der Waals surface area contributed by atoms with E-state index in [1.165, 1.54) is 35.0 Å². The molecule has 2 aromatic heterocycles. The van der Waals surface area contributed by atoms with Gasteiger partial charge in [-0.05, 0) is 62.7 Å². The van der Waals surface area contributed by atoms with Crippen LogP contribution in [0.3, 0.4) is 0 Å². The van der Waals surface area contributed by atoms with Gasteiger partial charge in [0.05, 0.1) is 34.7 Å². The quantitative estimate of drug-likeness (QED) is 0.185. The van der Waals surface area contributed by atoms with Crippen LogP contribution in [-0.2, 0) is 9.84 Å². The molecule has 7 rings (SSSR count). The number of ether oxygens (including phenoxy) is 4. The van der Waals surface area contributed by atoms with Gasteiger partial charge in [0.25, 0.3) is 11.5 Å². The van der Waals surface area contributed by atoms with Gasteiger partial charge in [0, 0.05) is 55.9 Å². The van der Waals surface area contributed by atoms with E-state index >= 15 is 4.39 Å². The molecule has 3 aromatic carbocycles. The first-order valence-electron chi connectivity index (χ1n) is 17.6. The zero-order valence-corrected chi connectivity index (χ0v) is 30.7. The molecular formula is C38H37F2N5O9S. The predicted octanol–water partition coefficient (Wildman–Crippen LogP) is 4.72. The first kappa shape index (κ1) is 37.5. The van der Waals surface area contributed by atoms with Crippen LogP contribution in [0.2, 0.25) is 0 Å². The molecular weight excluding hydrogens is 741 g/mol. The van der Waals surface area contributed by atoms with Gasteiger partial charge in [-0.3, -0.25) is 19.1 Å². The summed E-state index contributed by atoms with van der Waals surface area (Å²) in [5, 5.41) is 2.94. The van der Waals surface area contributed by atoms with Gasteiger partial charge >= 0.3 is 5.69 Å². The second-order valence-electron chi connectivity index (χ2n) is 13.3. The molecule has 0 bridgehead atoms. The molecule has 2 aliphatic rings.